The number of carbonyl (C=O) groups is 1. The van der Waals surface area contributed by atoms with Crippen LogP contribution in [0, 0.1) is 11.3 Å². The summed E-state index contributed by atoms with van der Waals surface area (Å²) in [5.74, 6) is 0.0585. The highest BCUT2D eigenvalue weighted by Gasteiger charge is 2.32. The monoisotopic (exact) mass is 390 g/mol. The van der Waals surface area contributed by atoms with Gasteiger partial charge in [0.2, 0.25) is 0 Å². The van der Waals surface area contributed by atoms with Crippen molar-refractivity contribution in [2.75, 3.05) is 6.54 Å². The summed E-state index contributed by atoms with van der Waals surface area (Å²) >= 11 is 0. The van der Waals surface area contributed by atoms with E-state index in [1.165, 1.54) is 6.07 Å². The van der Waals surface area contributed by atoms with E-state index in [-0.39, 0.29) is 12.5 Å². The summed E-state index contributed by atoms with van der Waals surface area (Å²) in [6, 6.07) is 13.4. The first kappa shape index (κ1) is 21.3. The molecule has 1 amide bonds. The molecule has 0 saturated heterocycles. The van der Waals surface area contributed by atoms with Crippen LogP contribution in [0.25, 0.3) is 0 Å². The van der Waals surface area contributed by atoms with Crippen molar-refractivity contribution >= 4 is 5.91 Å². The molecule has 4 nitrogen and oxygen atoms in total. The quantitative estimate of drug-likeness (QED) is 0.793. The maximum absolute atomic E-state index is 12.9. The van der Waals surface area contributed by atoms with Crippen molar-refractivity contribution in [1.29, 1.82) is 5.26 Å². The zero-order valence-electron chi connectivity index (χ0n) is 15.8. The average molecular weight is 390 g/mol. The number of benzene rings is 2. The standard InChI is InChI=1S/C21H21F3N2O2/c1-14(28-18-9-7-15(12-25)8-10-18)19(27)26-13-20(2,3)16-5-4-6-17(11-16)21(22,23)24/h4-11,14H,13H2,1-3H3,(H,26,27). The van der Waals surface area contributed by atoms with Gasteiger partial charge in [-0.1, -0.05) is 32.0 Å². The molecule has 0 aromatic heterocycles. The molecule has 0 heterocycles. The van der Waals surface area contributed by atoms with Crippen molar-refractivity contribution < 1.29 is 22.7 Å². The Hall–Kier alpha value is -3.01. The van der Waals surface area contributed by atoms with E-state index in [9.17, 15) is 18.0 Å². The Kier molecular flexibility index (Phi) is 6.34. The van der Waals surface area contributed by atoms with Crippen molar-refractivity contribution in [2.24, 2.45) is 0 Å². The normalized spacial score (nSPS) is 12.8. The summed E-state index contributed by atoms with van der Waals surface area (Å²) in [7, 11) is 0. The molecule has 1 unspecified atom stereocenters. The van der Waals surface area contributed by atoms with E-state index in [1.807, 2.05) is 6.07 Å². The predicted molar refractivity (Wildman–Crippen MR) is 98.7 cm³/mol. The summed E-state index contributed by atoms with van der Waals surface area (Å²) in [5.41, 5.74) is -0.469. The van der Waals surface area contributed by atoms with Gasteiger partial charge in [-0.25, -0.2) is 0 Å². The number of rotatable bonds is 6. The zero-order chi connectivity index (χ0) is 20.9. The fourth-order valence-electron chi connectivity index (χ4n) is 2.54. The van der Waals surface area contributed by atoms with Crippen LogP contribution in [0.2, 0.25) is 0 Å². The minimum absolute atomic E-state index is 0.147. The molecule has 148 valence electrons. The summed E-state index contributed by atoms with van der Waals surface area (Å²) < 4.78 is 44.3. The number of halogens is 3. The number of nitrogens with one attached hydrogen (secondary N) is 1. The zero-order valence-corrected chi connectivity index (χ0v) is 15.8. The maximum atomic E-state index is 12.9. The van der Waals surface area contributed by atoms with Crippen LogP contribution >= 0.6 is 0 Å². The van der Waals surface area contributed by atoms with Crippen LogP contribution in [0.5, 0.6) is 5.75 Å². The summed E-state index contributed by atoms with van der Waals surface area (Å²) in [5, 5.41) is 11.5. The first-order valence-corrected chi connectivity index (χ1v) is 8.65. The number of amides is 1. The molecule has 7 heteroatoms. The summed E-state index contributed by atoms with van der Waals surface area (Å²) in [4.78, 5) is 12.3. The molecule has 28 heavy (non-hydrogen) atoms. The van der Waals surface area contributed by atoms with Gasteiger partial charge in [0.05, 0.1) is 17.2 Å². The van der Waals surface area contributed by atoms with E-state index >= 15 is 0 Å². The third-order valence-electron chi connectivity index (χ3n) is 4.34. The molecule has 2 aromatic rings. The lowest BCUT2D eigenvalue weighted by atomic mass is 9.83. The van der Waals surface area contributed by atoms with Gasteiger partial charge < -0.3 is 10.1 Å². The van der Waals surface area contributed by atoms with Gasteiger partial charge in [0.15, 0.2) is 6.10 Å². The number of hydrogen-bond donors (Lipinski definition) is 1. The molecule has 1 N–H and O–H groups in total. The van der Waals surface area contributed by atoms with Gasteiger partial charge in [0, 0.05) is 12.0 Å². The number of nitrogens with zero attached hydrogens (tertiary/aromatic N) is 1. The molecule has 0 aliphatic rings. The Balaban J connectivity index is 1.99. The van der Waals surface area contributed by atoms with E-state index in [0.29, 0.717) is 16.9 Å². The molecular formula is C21H21F3N2O2. The van der Waals surface area contributed by atoms with E-state index in [2.05, 4.69) is 5.32 Å². The smallest absolute Gasteiger partial charge is 0.416 e. The Morgan fingerprint density at radius 3 is 2.32 bits per heavy atom. The molecule has 0 fully saturated rings. The topological polar surface area (TPSA) is 62.1 Å². The van der Waals surface area contributed by atoms with E-state index in [0.717, 1.165) is 12.1 Å². The van der Waals surface area contributed by atoms with Crippen LogP contribution < -0.4 is 10.1 Å². The van der Waals surface area contributed by atoms with Crippen molar-refractivity contribution in [3.63, 3.8) is 0 Å². The van der Waals surface area contributed by atoms with Crippen LogP contribution in [0.4, 0.5) is 13.2 Å². The van der Waals surface area contributed by atoms with E-state index in [1.54, 1.807) is 51.1 Å². The minimum atomic E-state index is -4.42. The molecule has 1 atom stereocenters. The molecule has 0 aliphatic carbocycles. The third kappa shape index (κ3) is 5.49. The number of alkyl halides is 3. The molecule has 0 bridgehead atoms. The maximum Gasteiger partial charge on any atom is 0.416 e. The van der Waals surface area contributed by atoms with Gasteiger partial charge >= 0.3 is 6.18 Å². The lowest BCUT2D eigenvalue weighted by molar-refractivity contribution is -0.137. The minimum Gasteiger partial charge on any atom is -0.481 e. The Bertz CT molecular complexity index is 868. The van der Waals surface area contributed by atoms with E-state index < -0.39 is 23.3 Å². The van der Waals surface area contributed by atoms with Gasteiger partial charge in [0.25, 0.3) is 5.91 Å². The molecule has 2 aromatic carbocycles. The predicted octanol–water partition coefficient (Wildman–Crippen LogP) is 4.44. The molecule has 2 rings (SSSR count). The van der Waals surface area contributed by atoms with Crippen LogP contribution in [0.15, 0.2) is 48.5 Å². The number of nitriles is 1. The van der Waals surface area contributed by atoms with Gasteiger partial charge in [-0.3, -0.25) is 4.79 Å². The second kappa shape index (κ2) is 8.34. The molecule has 0 radical (unpaired) electrons. The first-order chi connectivity index (χ1) is 13.0. The first-order valence-electron chi connectivity index (χ1n) is 8.65. The van der Waals surface area contributed by atoms with Gasteiger partial charge in [-0.05, 0) is 42.8 Å². The highest BCUT2D eigenvalue weighted by molar-refractivity contribution is 5.80. The Morgan fingerprint density at radius 1 is 1.14 bits per heavy atom. The fraction of sp³-hybridized carbons (Fsp3) is 0.333. The van der Waals surface area contributed by atoms with Gasteiger partial charge in [-0.2, -0.15) is 18.4 Å². The lowest BCUT2D eigenvalue weighted by Gasteiger charge is -2.27. The van der Waals surface area contributed by atoms with E-state index in [4.69, 9.17) is 10.00 Å². The number of carbonyl (C=O) groups excluding carboxylic acids is 1. The van der Waals surface area contributed by atoms with Gasteiger partial charge in [-0.15, -0.1) is 0 Å². The van der Waals surface area contributed by atoms with Crippen LogP contribution in [0.3, 0.4) is 0 Å². The van der Waals surface area contributed by atoms with Crippen LogP contribution in [-0.2, 0) is 16.4 Å². The highest BCUT2D eigenvalue weighted by Crippen LogP contribution is 2.32. The van der Waals surface area contributed by atoms with Crippen molar-refractivity contribution in [2.45, 2.75) is 38.5 Å². The second-order valence-electron chi connectivity index (χ2n) is 7.08. The van der Waals surface area contributed by atoms with Crippen molar-refractivity contribution in [3.05, 3.63) is 65.2 Å². The largest absolute Gasteiger partial charge is 0.481 e. The SMILES string of the molecule is CC(Oc1ccc(C#N)cc1)C(=O)NCC(C)(C)c1cccc(C(F)(F)F)c1. The average Bonchev–Trinajstić information content (AvgIpc) is 2.66. The van der Waals surface area contributed by atoms with Crippen molar-refractivity contribution in [3.8, 4) is 11.8 Å². The van der Waals surface area contributed by atoms with Crippen molar-refractivity contribution in [1.82, 2.24) is 5.32 Å². The number of hydrogen-bond acceptors (Lipinski definition) is 3. The Morgan fingerprint density at radius 2 is 1.75 bits per heavy atom. The highest BCUT2D eigenvalue weighted by atomic mass is 19.4. The molecule has 0 saturated carbocycles. The second-order valence-corrected chi connectivity index (χ2v) is 7.08. The third-order valence-corrected chi connectivity index (χ3v) is 4.34. The van der Waals surface area contributed by atoms with Crippen LogP contribution in [-0.4, -0.2) is 18.6 Å². The van der Waals surface area contributed by atoms with Crippen LogP contribution in [0.1, 0.15) is 37.5 Å². The molecule has 0 aliphatic heterocycles. The molecular weight excluding hydrogens is 369 g/mol. The summed E-state index contributed by atoms with van der Waals surface area (Å²) in [6.07, 6.45) is -5.22. The fourth-order valence-corrected chi connectivity index (χ4v) is 2.54. The summed E-state index contributed by atoms with van der Waals surface area (Å²) in [6.45, 7) is 5.24. The lowest BCUT2D eigenvalue weighted by Crippen LogP contribution is -2.42. The number of ether oxygens (including phenoxy) is 1. The molecule has 0 spiro atoms. The van der Waals surface area contributed by atoms with Gasteiger partial charge in [0.1, 0.15) is 5.75 Å². The Labute approximate surface area is 161 Å².